The van der Waals surface area contributed by atoms with Gasteiger partial charge in [-0.1, -0.05) is 19.8 Å². The van der Waals surface area contributed by atoms with Gasteiger partial charge in [-0.3, -0.25) is 4.79 Å². The van der Waals surface area contributed by atoms with Gasteiger partial charge in [-0.05, 0) is 12.8 Å². The van der Waals surface area contributed by atoms with Crippen LogP contribution in [0.25, 0.3) is 0 Å². The number of rotatable bonds is 0. The van der Waals surface area contributed by atoms with E-state index >= 15 is 0 Å². The Balaban J connectivity index is 1.86. The van der Waals surface area contributed by atoms with Gasteiger partial charge in [0.2, 0.25) is 0 Å². The number of hydrogen-bond donors (Lipinski definition) is 0. The minimum atomic E-state index is -0.243. The fourth-order valence-electron chi connectivity index (χ4n) is 3.27. The van der Waals surface area contributed by atoms with E-state index in [1.165, 1.54) is 12.8 Å². The molecule has 4 atom stereocenters. The minimum absolute atomic E-state index is 0.140. The molecule has 0 amide bonds. The van der Waals surface area contributed by atoms with Crippen molar-refractivity contribution in [2.75, 3.05) is 13.2 Å². The quantitative estimate of drug-likeness (QED) is 0.608. The van der Waals surface area contributed by atoms with E-state index in [2.05, 4.69) is 6.92 Å². The van der Waals surface area contributed by atoms with Gasteiger partial charge in [-0.15, -0.1) is 0 Å². The van der Waals surface area contributed by atoms with E-state index in [4.69, 9.17) is 9.47 Å². The summed E-state index contributed by atoms with van der Waals surface area (Å²) in [5, 5.41) is 0. The van der Waals surface area contributed by atoms with E-state index in [0.717, 1.165) is 19.4 Å². The standard InChI is InChI=1S/C12H18O3/c1-8-6-14-11-10(13)9-4-2-3-5-12(9,11)15-7-8/h8-9,11H,2-7H2,1H3/t8-,9+,11+,12-/m0/s1. The molecular formula is C12H18O3. The zero-order valence-corrected chi connectivity index (χ0v) is 9.20. The Morgan fingerprint density at radius 1 is 1.33 bits per heavy atom. The smallest absolute Gasteiger partial charge is 0.170 e. The van der Waals surface area contributed by atoms with Gasteiger partial charge in [-0.25, -0.2) is 0 Å². The van der Waals surface area contributed by atoms with Crippen molar-refractivity contribution in [3.63, 3.8) is 0 Å². The predicted octanol–water partition coefficient (Wildman–Crippen LogP) is 1.55. The normalized spacial score (nSPS) is 49.9. The largest absolute Gasteiger partial charge is 0.371 e. The fraction of sp³-hybridized carbons (Fsp3) is 0.917. The van der Waals surface area contributed by atoms with Gasteiger partial charge in [-0.2, -0.15) is 0 Å². The Morgan fingerprint density at radius 2 is 2.20 bits per heavy atom. The molecule has 15 heavy (non-hydrogen) atoms. The number of carbonyl (C=O) groups excluding carboxylic acids is 1. The van der Waals surface area contributed by atoms with Gasteiger partial charge < -0.3 is 9.47 Å². The van der Waals surface area contributed by atoms with Gasteiger partial charge in [0.25, 0.3) is 0 Å². The summed E-state index contributed by atoms with van der Waals surface area (Å²) in [5.74, 6) is 0.853. The first-order chi connectivity index (χ1) is 7.24. The predicted molar refractivity (Wildman–Crippen MR) is 54.6 cm³/mol. The van der Waals surface area contributed by atoms with Crippen LogP contribution in [0.5, 0.6) is 0 Å². The fourth-order valence-corrected chi connectivity index (χ4v) is 3.27. The van der Waals surface area contributed by atoms with Crippen LogP contribution in [0.15, 0.2) is 0 Å². The van der Waals surface area contributed by atoms with Crippen LogP contribution in [0.2, 0.25) is 0 Å². The second-order valence-electron chi connectivity index (χ2n) is 5.29. The highest BCUT2D eigenvalue weighted by atomic mass is 16.6. The van der Waals surface area contributed by atoms with E-state index in [1.807, 2.05) is 0 Å². The van der Waals surface area contributed by atoms with Crippen LogP contribution < -0.4 is 0 Å². The third kappa shape index (κ3) is 1.23. The number of hydrogen-bond acceptors (Lipinski definition) is 3. The summed E-state index contributed by atoms with van der Waals surface area (Å²) in [6.45, 7) is 3.54. The van der Waals surface area contributed by atoms with E-state index in [0.29, 0.717) is 18.3 Å². The van der Waals surface area contributed by atoms with E-state index in [9.17, 15) is 4.79 Å². The van der Waals surface area contributed by atoms with Crippen LogP contribution in [-0.4, -0.2) is 30.7 Å². The van der Waals surface area contributed by atoms with Crippen LogP contribution >= 0.6 is 0 Å². The van der Waals surface area contributed by atoms with Crippen molar-refractivity contribution in [2.45, 2.75) is 44.3 Å². The maximum Gasteiger partial charge on any atom is 0.170 e. The van der Waals surface area contributed by atoms with Crippen molar-refractivity contribution in [2.24, 2.45) is 11.8 Å². The van der Waals surface area contributed by atoms with Gasteiger partial charge in [0, 0.05) is 5.92 Å². The van der Waals surface area contributed by atoms with Crippen molar-refractivity contribution in [1.29, 1.82) is 0 Å². The Hall–Kier alpha value is -0.410. The summed E-state index contributed by atoms with van der Waals surface area (Å²) in [6, 6.07) is 0. The summed E-state index contributed by atoms with van der Waals surface area (Å²) >= 11 is 0. The maximum absolute atomic E-state index is 11.9. The first kappa shape index (κ1) is 9.79. The number of Topliss-reactive ketones (excluding diaryl/α,β-unsaturated/α-hetero) is 1. The third-order valence-electron chi connectivity index (χ3n) is 4.13. The highest BCUT2D eigenvalue weighted by molar-refractivity contribution is 5.95. The Morgan fingerprint density at radius 3 is 3.07 bits per heavy atom. The molecule has 0 aromatic heterocycles. The lowest BCUT2D eigenvalue weighted by atomic mass is 9.58. The number of ether oxygens (including phenoxy) is 2. The highest BCUT2D eigenvalue weighted by Crippen LogP contribution is 2.51. The van der Waals surface area contributed by atoms with Crippen LogP contribution in [0, 0.1) is 11.8 Å². The SMILES string of the molecule is C[C@H]1CO[C@@H]2C(=O)[C@H]3CCCC[C@]32OC1. The molecule has 1 spiro atoms. The first-order valence-corrected chi connectivity index (χ1v) is 6.03. The molecule has 1 heterocycles. The molecule has 0 aromatic carbocycles. The first-order valence-electron chi connectivity index (χ1n) is 6.03. The summed E-state index contributed by atoms with van der Waals surface area (Å²) in [4.78, 5) is 11.9. The molecule has 3 heteroatoms. The van der Waals surface area contributed by atoms with Crippen molar-refractivity contribution in [1.82, 2.24) is 0 Å². The monoisotopic (exact) mass is 210 g/mol. The van der Waals surface area contributed by atoms with Crippen molar-refractivity contribution >= 4 is 5.78 Å². The molecule has 0 aromatic rings. The average molecular weight is 210 g/mol. The molecule has 0 unspecified atom stereocenters. The van der Waals surface area contributed by atoms with Crippen LogP contribution in [0.1, 0.15) is 32.6 Å². The Labute approximate surface area is 90.1 Å². The van der Waals surface area contributed by atoms with E-state index in [1.54, 1.807) is 0 Å². The topological polar surface area (TPSA) is 35.5 Å². The summed E-state index contributed by atoms with van der Waals surface area (Å²) in [5.41, 5.74) is -0.222. The molecule has 1 saturated heterocycles. The molecule has 0 bridgehead atoms. The molecule has 3 fully saturated rings. The summed E-state index contributed by atoms with van der Waals surface area (Å²) in [7, 11) is 0. The molecule has 2 saturated carbocycles. The van der Waals surface area contributed by atoms with Crippen LogP contribution in [0.4, 0.5) is 0 Å². The van der Waals surface area contributed by atoms with E-state index in [-0.39, 0.29) is 17.6 Å². The van der Waals surface area contributed by atoms with Crippen molar-refractivity contribution in [3.05, 3.63) is 0 Å². The van der Waals surface area contributed by atoms with E-state index < -0.39 is 0 Å². The molecule has 3 nitrogen and oxygen atoms in total. The maximum atomic E-state index is 11.9. The third-order valence-corrected chi connectivity index (χ3v) is 4.13. The van der Waals surface area contributed by atoms with Crippen LogP contribution in [-0.2, 0) is 14.3 Å². The molecule has 3 rings (SSSR count). The van der Waals surface area contributed by atoms with Gasteiger partial charge in [0.1, 0.15) is 11.7 Å². The lowest BCUT2D eigenvalue weighted by Gasteiger charge is -2.54. The molecule has 1 aliphatic heterocycles. The lowest BCUT2D eigenvalue weighted by molar-refractivity contribution is -0.221. The summed E-state index contributed by atoms with van der Waals surface area (Å²) < 4.78 is 11.7. The second-order valence-corrected chi connectivity index (χ2v) is 5.29. The molecule has 84 valence electrons. The molecule has 3 aliphatic rings. The second kappa shape index (κ2) is 3.29. The molecular weight excluding hydrogens is 192 g/mol. The van der Waals surface area contributed by atoms with Gasteiger partial charge in [0.15, 0.2) is 5.78 Å². The lowest BCUT2D eigenvalue weighted by Crippen LogP contribution is -2.69. The zero-order valence-electron chi connectivity index (χ0n) is 9.20. The van der Waals surface area contributed by atoms with Crippen molar-refractivity contribution in [3.8, 4) is 0 Å². The minimum Gasteiger partial charge on any atom is -0.371 e. The highest BCUT2D eigenvalue weighted by Gasteiger charge is 2.65. The van der Waals surface area contributed by atoms with Crippen LogP contribution in [0.3, 0.4) is 0 Å². The zero-order chi connectivity index (χ0) is 10.5. The molecule has 2 aliphatic carbocycles. The van der Waals surface area contributed by atoms with Gasteiger partial charge in [0.05, 0.1) is 19.1 Å². The van der Waals surface area contributed by atoms with Gasteiger partial charge >= 0.3 is 0 Å². The molecule has 0 radical (unpaired) electrons. The number of carbonyl (C=O) groups is 1. The molecule has 0 N–H and O–H groups in total. The van der Waals surface area contributed by atoms with Crippen molar-refractivity contribution < 1.29 is 14.3 Å². The average Bonchev–Trinajstić information content (AvgIpc) is 2.37. The Kier molecular flexibility index (Phi) is 2.15. The Bertz CT molecular complexity index is 289. The number of ketones is 1. The summed E-state index contributed by atoms with van der Waals surface area (Å²) in [6.07, 6.45) is 4.13.